The van der Waals surface area contributed by atoms with Crippen LogP contribution in [0.1, 0.15) is 37.5 Å². The first-order valence-electron chi connectivity index (χ1n) is 6.77. The van der Waals surface area contributed by atoms with Crippen molar-refractivity contribution in [2.75, 3.05) is 13.1 Å². The molecular weight excluding hydrogens is 365 g/mol. The van der Waals surface area contributed by atoms with Gasteiger partial charge in [0.2, 0.25) is 0 Å². The van der Waals surface area contributed by atoms with Gasteiger partial charge in [-0.15, -0.1) is 24.0 Å². The number of hydrogen-bond donors (Lipinski definition) is 3. The first-order chi connectivity index (χ1) is 8.99. The van der Waals surface area contributed by atoms with E-state index in [1.165, 1.54) is 0 Å². The molecule has 0 heterocycles. The number of guanidine groups is 1. The molecule has 1 unspecified atom stereocenters. The van der Waals surface area contributed by atoms with Gasteiger partial charge in [-0.2, -0.15) is 0 Å². The van der Waals surface area contributed by atoms with Crippen molar-refractivity contribution in [1.29, 1.82) is 0 Å². The first-order valence-corrected chi connectivity index (χ1v) is 6.77. The summed E-state index contributed by atoms with van der Waals surface area (Å²) in [7, 11) is 0. The number of benzene rings is 1. The Hall–Kier alpha value is -0.820. The van der Waals surface area contributed by atoms with Gasteiger partial charge in [0, 0.05) is 6.54 Å². The third kappa shape index (κ3) is 7.69. The van der Waals surface area contributed by atoms with E-state index in [9.17, 15) is 5.11 Å². The van der Waals surface area contributed by atoms with Gasteiger partial charge in [0.1, 0.15) is 0 Å². The maximum atomic E-state index is 10.0. The van der Waals surface area contributed by atoms with Gasteiger partial charge in [-0.05, 0) is 24.8 Å². The standard InChI is InChI=1S/C15H25N3O.HI/c1-11(2)7-8-17-15(16)18-10-14(19)13-6-4-5-12(3)9-13;/h4-6,9,11,14,19H,7-8,10H2,1-3H3,(H3,16,17,18);1H. The van der Waals surface area contributed by atoms with E-state index in [2.05, 4.69) is 24.2 Å². The monoisotopic (exact) mass is 391 g/mol. The second-order valence-corrected chi connectivity index (χ2v) is 5.27. The van der Waals surface area contributed by atoms with E-state index in [4.69, 9.17) is 5.73 Å². The molecule has 0 spiro atoms. The molecular formula is C15H26IN3O. The second-order valence-electron chi connectivity index (χ2n) is 5.27. The summed E-state index contributed by atoms with van der Waals surface area (Å²) in [6, 6.07) is 7.79. The lowest BCUT2D eigenvalue weighted by atomic mass is 10.1. The van der Waals surface area contributed by atoms with Crippen LogP contribution in [-0.2, 0) is 0 Å². The lowest BCUT2D eigenvalue weighted by molar-refractivity contribution is 0.187. The lowest BCUT2D eigenvalue weighted by Gasteiger charge is -2.11. The summed E-state index contributed by atoms with van der Waals surface area (Å²) >= 11 is 0. The SMILES string of the molecule is Cc1cccc(C(O)CN=C(N)NCCC(C)C)c1.I. The summed E-state index contributed by atoms with van der Waals surface area (Å²) in [6.45, 7) is 7.42. The smallest absolute Gasteiger partial charge is 0.188 e. The number of hydrogen-bond acceptors (Lipinski definition) is 2. The predicted octanol–water partition coefficient (Wildman–Crippen LogP) is 2.60. The van der Waals surface area contributed by atoms with Gasteiger partial charge >= 0.3 is 0 Å². The molecule has 0 radical (unpaired) electrons. The Bertz CT molecular complexity index is 421. The molecule has 4 N–H and O–H groups in total. The largest absolute Gasteiger partial charge is 0.386 e. The Labute approximate surface area is 138 Å². The Morgan fingerprint density at radius 1 is 1.40 bits per heavy atom. The molecule has 0 fully saturated rings. The van der Waals surface area contributed by atoms with E-state index in [-0.39, 0.29) is 30.5 Å². The number of rotatable bonds is 6. The Morgan fingerprint density at radius 3 is 2.70 bits per heavy atom. The van der Waals surface area contributed by atoms with Crippen LogP contribution in [0.3, 0.4) is 0 Å². The van der Waals surface area contributed by atoms with Crippen molar-refractivity contribution in [1.82, 2.24) is 5.32 Å². The van der Waals surface area contributed by atoms with Crippen molar-refractivity contribution in [3.05, 3.63) is 35.4 Å². The summed E-state index contributed by atoms with van der Waals surface area (Å²) in [5.74, 6) is 1.03. The zero-order valence-electron chi connectivity index (χ0n) is 12.5. The molecule has 0 aliphatic carbocycles. The normalized spacial score (nSPS) is 12.9. The Morgan fingerprint density at radius 2 is 2.10 bits per heavy atom. The topological polar surface area (TPSA) is 70.6 Å². The third-order valence-electron chi connectivity index (χ3n) is 2.89. The number of aliphatic hydroxyl groups excluding tert-OH is 1. The highest BCUT2D eigenvalue weighted by molar-refractivity contribution is 14.0. The van der Waals surface area contributed by atoms with Gasteiger partial charge in [-0.3, -0.25) is 4.99 Å². The van der Waals surface area contributed by atoms with Crippen molar-refractivity contribution in [3.8, 4) is 0 Å². The maximum Gasteiger partial charge on any atom is 0.188 e. The summed E-state index contributed by atoms with van der Waals surface area (Å²) in [6.07, 6.45) is 0.446. The molecule has 1 aromatic carbocycles. The number of aryl methyl sites for hydroxylation is 1. The van der Waals surface area contributed by atoms with E-state index in [1.807, 2.05) is 31.2 Å². The fourth-order valence-electron chi connectivity index (χ4n) is 1.71. The van der Waals surface area contributed by atoms with Crippen molar-refractivity contribution in [2.24, 2.45) is 16.6 Å². The number of aliphatic hydroxyl groups is 1. The minimum absolute atomic E-state index is 0. The number of nitrogens with two attached hydrogens (primary N) is 1. The zero-order valence-corrected chi connectivity index (χ0v) is 14.8. The minimum atomic E-state index is -0.606. The summed E-state index contributed by atoms with van der Waals surface area (Å²) in [4.78, 5) is 4.16. The second kappa shape index (κ2) is 9.99. The highest BCUT2D eigenvalue weighted by Gasteiger charge is 2.06. The van der Waals surface area contributed by atoms with Gasteiger partial charge in [-0.25, -0.2) is 0 Å². The van der Waals surface area contributed by atoms with Crippen LogP contribution in [-0.4, -0.2) is 24.2 Å². The van der Waals surface area contributed by atoms with Crippen LogP contribution < -0.4 is 11.1 Å². The Balaban J connectivity index is 0.00000361. The predicted molar refractivity (Wildman–Crippen MR) is 95.5 cm³/mol. The molecule has 0 amide bonds. The van der Waals surface area contributed by atoms with E-state index in [1.54, 1.807) is 0 Å². The molecule has 0 aliphatic heterocycles. The van der Waals surface area contributed by atoms with Gasteiger partial charge in [0.25, 0.3) is 0 Å². The molecule has 0 aromatic heterocycles. The quantitative estimate of drug-likeness (QED) is 0.397. The van der Waals surface area contributed by atoms with Crippen LogP contribution in [0.15, 0.2) is 29.3 Å². The fourth-order valence-corrected chi connectivity index (χ4v) is 1.71. The number of halogens is 1. The van der Waals surface area contributed by atoms with Crippen LogP contribution in [0.25, 0.3) is 0 Å². The van der Waals surface area contributed by atoms with Crippen LogP contribution in [0.5, 0.6) is 0 Å². The fraction of sp³-hybridized carbons (Fsp3) is 0.533. The zero-order chi connectivity index (χ0) is 14.3. The van der Waals surface area contributed by atoms with Crippen LogP contribution >= 0.6 is 24.0 Å². The van der Waals surface area contributed by atoms with Gasteiger partial charge in [0.15, 0.2) is 5.96 Å². The van der Waals surface area contributed by atoms with Gasteiger partial charge in [-0.1, -0.05) is 43.7 Å². The highest BCUT2D eigenvalue weighted by atomic mass is 127. The van der Waals surface area contributed by atoms with Gasteiger partial charge in [0.05, 0.1) is 12.6 Å². The van der Waals surface area contributed by atoms with E-state index < -0.39 is 6.10 Å². The van der Waals surface area contributed by atoms with Crippen LogP contribution in [0, 0.1) is 12.8 Å². The molecule has 20 heavy (non-hydrogen) atoms. The number of nitrogens with zero attached hydrogens (tertiary/aromatic N) is 1. The van der Waals surface area contributed by atoms with Crippen molar-refractivity contribution in [2.45, 2.75) is 33.3 Å². The molecule has 1 rings (SSSR count). The molecule has 0 saturated heterocycles. The average Bonchev–Trinajstić information content (AvgIpc) is 2.35. The third-order valence-corrected chi connectivity index (χ3v) is 2.89. The Kier molecular flexibility index (Phi) is 9.58. The van der Waals surface area contributed by atoms with E-state index in [0.29, 0.717) is 11.9 Å². The van der Waals surface area contributed by atoms with E-state index >= 15 is 0 Å². The molecule has 0 aliphatic rings. The van der Waals surface area contributed by atoms with Crippen LogP contribution in [0.4, 0.5) is 0 Å². The first kappa shape index (κ1) is 19.2. The molecule has 4 nitrogen and oxygen atoms in total. The summed E-state index contributed by atoms with van der Waals surface area (Å²) < 4.78 is 0. The number of aliphatic imine (C=N–C) groups is 1. The molecule has 1 atom stereocenters. The highest BCUT2D eigenvalue weighted by Crippen LogP contribution is 2.14. The summed E-state index contributed by atoms with van der Waals surface area (Å²) in [5, 5.41) is 13.1. The lowest BCUT2D eigenvalue weighted by Crippen LogP contribution is -2.33. The van der Waals surface area contributed by atoms with Gasteiger partial charge < -0.3 is 16.2 Å². The van der Waals surface area contributed by atoms with Crippen molar-refractivity contribution < 1.29 is 5.11 Å². The van der Waals surface area contributed by atoms with E-state index in [0.717, 1.165) is 24.1 Å². The van der Waals surface area contributed by atoms with Crippen molar-refractivity contribution in [3.63, 3.8) is 0 Å². The van der Waals surface area contributed by atoms with Crippen LogP contribution in [0.2, 0.25) is 0 Å². The number of nitrogens with one attached hydrogen (secondary N) is 1. The summed E-state index contributed by atoms with van der Waals surface area (Å²) in [5.41, 5.74) is 7.75. The molecule has 1 aromatic rings. The maximum absolute atomic E-state index is 10.0. The molecule has 0 saturated carbocycles. The molecule has 5 heteroatoms. The molecule has 114 valence electrons. The minimum Gasteiger partial charge on any atom is -0.386 e. The average molecular weight is 391 g/mol. The molecule has 0 bridgehead atoms. The van der Waals surface area contributed by atoms with Crippen molar-refractivity contribution >= 4 is 29.9 Å².